The van der Waals surface area contributed by atoms with Crippen molar-refractivity contribution in [3.63, 3.8) is 0 Å². The number of hydrogen-bond donors (Lipinski definition) is 1. The number of nitrogens with one attached hydrogen (secondary N) is 1. The highest BCUT2D eigenvalue weighted by molar-refractivity contribution is 6.31. The summed E-state index contributed by atoms with van der Waals surface area (Å²) in [6.45, 7) is 0.993. The lowest BCUT2D eigenvalue weighted by Crippen LogP contribution is -2.12. The molecule has 5 nitrogen and oxygen atoms in total. The summed E-state index contributed by atoms with van der Waals surface area (Å²) >= 11 is 5.98. The molecule has 6 heteroatoms. The molecule has 0 aliphatic heterocycles. The molecule has 0 amide bonds. The number of halogens is 1. The quantitative estimate of drug-likeness (QED) is 0.667. The van der Waals surface area contributed by atoms with Gasteiger partial charge in [0.1, 0.15) is 5.76 Å². The third-order valence-electron chi connectivity index (χ3n) is 2.43. The second kappa shape index (κ2) is 5.66. The van der Waals surface area contributed by atoms with Crippen molar-refractivity contribution in [2.75, 3.05) is 0 Å². The average Bonchev–Trinajstić information content (AvgIpc) is 2.84. The smallest absolute Gasteiger partial charge is 0.269 e. The number of furan rings is 1. The fraction of sp³-hybridized carbons (Fsp3) is 0.167. The molecule has 0 bridgehead atoms. The first-order valence-electron chi connectivity index (χ1n) is 5.33. The van der Waals surface area contributed by atoms with Crippen LogP contribution in [0.2, 0.25) is 5.02 Å². The van der Waals surface area contributed by atoms with E-state index in [4.69, 9.17) is 16.0 Å². The molecule has 2 rings (SSSR count). The normalized spacial score (nSPS) is 10.5. The number of nitro benzene ring substituents is 1. The third-order valence-corrected chi connectivity index (χ3v) is 2.80. The van der Waals surface area contributed by atoms with Crippen molar-refractivity contribution in [2.45, 2.75) is 13.1 Å². The zero-order valence-corrected chi connectivity index (χ0v) is 10.2. The van der Waals surface area contributed by atoms with E-state index in [-0.39, 0.29) is 5.69 Å². The molecule has 2 aromatic rings. The zero-order chi connectivity index (χ0) is 13.0. The van der Waals surface area contributed by atoms with Crippen LogP contribution < -0.4 is 5.32 Å². The van der Waals surface area contributed by atoms with Gasteiger partial charge in [0.15, 0.2) is 0 Å². The number of rotatable bonds is 5. The molecule has 0 atom stereocenters. The van der Waals surface area contributed by atoms with Crippen molar-refractivity contribution in [1.29, 1.82) is 0 Å². The fourth-order valence-electron chi connectivity index (χ4n) is 1.54. The zero-order valence-electron chi connectivity index (χ0n) is 9.43. The molecule has 0 unspecified atom stereocenters. The van der Waals surface area contributed by atoms with Crippen LogP contribution in [-0.4, -0.2) is 4.92 Å². The number of nitro groups is 1. The summed E-state index contributed by atoms with van der Waals surface area (Å²) in [4.78, 5) is 10.2. The molecule has 1 heterocycles. The lowest BCUT2D eigenvalue weighted by Gasteiger charge is -2.05. The van der Waals surface area contributed by atoms with Gasteiger partial charge in [0.05, 0.1) is 17.7 Å². The highest BCUT2D eigenvalue weighted by Crippen LogP contribution is 2.21. The molecule has 0 saturated heterocycles. The SMILES string of the molecule is O=[N+]([O-])c1ccc(Cl)c(CNCc2ccco2)c1. The highest BCUT2D eigenvalue weighted by Gasteiger charge is 2.09. The monoisotopic (exact) mass is 266 g/mol. The van der Waals surface area contributed by atoms with Crippen LogP contribution in [0.15, 0.2) is 41.0 Å². The first kappa shape index (κ1) is 12.6. The van der Waals surface area contributed by atoms with Gasteiger partial charge in [-0.15, -0.1) is 0 Å². The Morgan fingerprint density at radius 2 is 2.17 bits per heavy atom. The van der Waals surface area contributed by atoms with E-state index in [9.17, 15) is 10.1 Å². The average molecular weight is 267 g/mol. The molecule has 0 spiro atoms. The van der Waals surface area contributed by atoms with E-state index in [0.29, 0.717) is 23.7 Å². The molecule has 0 aliphatic carbocycles. The van der Waals surface area contributed by atoms with Crippen molar-refractivity contribution >= 4 is 17.3 Å². The summed E-state index contributed by atoms with van der Waals surface area (Å²) in [6, 6.07) is 8.04. The maximum absolute atomic E-state index is 10.7. The van der Waals surface area contributed by atoms with E-state index >= 15 is 0 Å². The number of benzene rings is 1. The number of nitrogens with zero attached hydrogens (tertiary/aromatic N) is 1. The molecule has 0 saturated carbocycles. The molecular formula is C12H11ClN2O3. The molecule has 18 heavy (non-hydrogen) atoms. The predicted molar refractivity (Wildman–Crippen MR) is 67.4 cm³/mol. The van der Waals surface area contributed by atoms with Crippen LogP contribution in [0, 0.1) is 10.1 Å². The lowest BCUT2D eigenvalue weighted by molar-refractivity contribution is -0.384. The summed E-state index contributed by atoms with van der Waals surface area (Å²) in [5.41, 5.74) is 0.728. The largest absolute Gasteiger partial charge is 0.468 e. The Hall–Kier alpha value is -1.85. The standard InChI is InChI=1S/C12H11ClN2O3/c13-12-4-3-10(15(16)17)6-9(12)7-14-8-11-2-1-5-18-11/h1-6,14H,7-8H2. The van der Waals surface area contributed by atoms with Crippen LogP contribution in [0.5, 0.6) is 0 Å². The van der Waals surface area contributed by atoms with E-state index in [1.54, 1.807) is 12.3 Å². The van der Waals surface area contributed by atoms with Gasteiger partial charge in [-0.2, -0.15) is 0 Å². The maximum Gasteiger partial charge on any atom is 0.269 e. The Morgan fingerprint density at radius 1 is 1.33 bits per heavy atom. The van der Waals surface area contributed by atoms with Gasteiger partial charge in [0.2, 0.25) is 0 Å². The Bertz CT molecular complexity index is 540. The van der Waals surface area contributed by atoms with Crippen molar-refractivity contribution in [2.24, 2.45) is 0 Å². The van der Waals surface area contributed by atoms with Crippen LogP contribution >= 0.6 is 11.6 Å². The van der Waals surface area contributed by atoms with E-state index in [1.807, 2.05) is 6.07 Å². The minimum Gasteiger partial charge on any atom is -0.468 e. The first-order valence-corrected chi connectivity index (χ1v) is 5.70. The summed E-state index contributed by atoms with van der Waals surface area (Å²) in [7, 11) is 0. The summed E-state index contributed by atoms with van der Waals surface area (Å²) in [5, 5.41) is 14.3. The summed E-state index contributed by atoms with van der Waals surface area (Å²) < 4.78 is 5.16. The van der Waals surface area contributed by atoms with Crippen molar-refractivity contribution < 1.29 is 9.34 Å². The molecule has 0 radical (unpaired) electrons. The molecule has 0 aliphatic rings. The van der Waals surface area contributed by atoms with Crippen molar-refractivity contribution in [3.8, 4) is 0 Å². The van der Waals surface area contributed by atoms with Crippen molar-refractivity contribution in [1.82, 2.24) is 5.32 Å². The maximum atomic E-state index is 10.7. The van der Waals surface area contributed by atoms with Gasteiger partial charge in [0.25, 0.3) is 5.69 Å². The third kappa shape index (κ3) is 3.09. The number of non-ortho nitro benzene ring substituents is 1. The van der Waals surface area contributed by atoms with Crippen molar-refractivity contribution in [3.05, 3.63) is 63.1 Å². The van der Waals surface area contributed by atoms with Gasteiger partial charge in [0, 0.05) is 23.7 Å². The minimum atomic E-state index is -0.438. The molecule has 1 N–H and O–H groups in total. The van der Waals surface area contributed by atoms with Gasteiger partial charge in [-0.1, -0.05) is 11.6 Å². The second-order valence-corrected chi connectivity index (χ2v) is 4.12. The Labute approximate surface area is 109 Å². The van der Waals surface area contributed by atoms with Crippen LogP contribution in [-0.2, 0) is 13.1 Å². The van der Waals surface area contributed by atoms with E-state index < -0.39 is 4.92 Å². The highest BCUT2D eigenvalue weighted by atomic mass is 35.5. The Balaban J connectivity index is 2.00. The molecule has 1 aromatic carbocycles. The van der Waals surface area contributed by atoms with Gasteiger partial charge in [-0.05, 0) is 23.8 Å². The topological polar surface area (TPSA) is 68.3 Å². The summed E-state index contributed by atoms with van der Waals surface area (Å²) in [6.07, 6.45) is 1.59. The van der Waals surface area contributed by atoms with Gasteiger partial charge in [-0.25, -0.2) is 0 Å². The van der Waals surface area contributed by atoms with Gasteiger partial charge in [-0.3, -0.25) is 10.1 Å². The van der Waals surface area contributed by atoms with Crippen LogP contribution in [0.1, 0.15) is 11.3 Å². The Kier molecular flexibility index (Phi) is 3.96. The molecule has 0 fully saturated rings. The minimum absolute atomic E-state index is 0.0363. The molecule has 94 valence electrons. The predicted octanol–water partition coefficient (Wildman–Crippen LogP) is 3.13. The van der Waals surface area contributed by atoms with E-state index in [1.165, 1.54) is 18.2 Å². The lowest BCUT2D eigenvalue weighted by atomic mass is 10.2. The van der Waals surface area contributed by atoms with E-state index in [0.717, 1.165) is 5.76 Å². The first-order chi connectivity index (χ1) is 8.66. The number of hydrogen-bond acceptors (Lipinski definition) is 4. The van der Waals surface area contributed by atoms with Gasteiger partial charge >= 0.3 is 0 Å². The van der Waals surface area contributed by atoms with Crippen LogP contribution in [0.25, 0.3) is 0 Å². The van der Waals surface area contributed by atoms with Gasteiger partial charge < -0.3 is 9.73 Å². The fourth-order valence-corrected chi connectivity index (χ4v) is 1.73. The second-order valence-electron chi connectivity index (χ2n) is 3.72. The van der Waals surface area contributed by atoms with Crippen LogP contribution in [0.4, 0.5) is 5.69 Å². The van der Waals surface area contributed by atoms with E-state index in [2.05, 4.69) is 5.32 Å². The molecular weight excluding hydrogens is 256 g/mol. The van der Waals surface area contributed by atoms with Crippen LogP contribution in [0.3, 0.4) is 0 Å². The Morgan fingerprint density at radius 3 is 2.83 bits per heavy atom. The summed E-state index contributed by atoms with van der Waals surface area (Å²) in [5.74, 6) is 0.802. The molecule has 1 aromatic heterocycles.